The Kier molecular flexibility index (Phi) is 15.4. The number of unbranched alkanes of at least 4 members (excludes halogenated alkanes) is 5. The van der Waals surface area contributed by atoms with E-state index in [1.807, 2.05) is 54.6 Å². The predicted octanol–water partition coefficient (Wildman–Crippen LogP) is 5.01. The second-order valence-electron chi connectivity index (χ2n) is 12.4. The molecule has 45 heavy (non-hydrogen) atoms. The van der Waals surface area contributed by atoms with E-state index in [-0.39, 0.29) is 41.8 Å². The van der Waals surface area contributed by atoms with Gasteiger partial charge in [0.25, 0.3) is 5.91 Å². The molecule has 0 radical (unpaired) electrons. The molecule has 0 fully saturated rings. The second-order valence-corrected chi connectivity index (χ2v) is 12.4. The van der Waals surface area contributed by atoms with Crippen LogP contribution in [0, 0.1) is 0 Å². The first-order valence-corrected chi connectivity index (χ1v) is 16.0. The van der Waals surface area contributed by atoms with Crippen LogP contribution in [0.15, 0.2) is 115 Å². The van der Waals surface area contributed by atoms with Crippen LogP contribution in [-0.2, 0) is 11.4 Å². The summed E-state index contributed by atoms with van der Waals surface area (Å²) in [5.41, 5.74) is 3.49. The maximum atomic E-state index is 13.7. The van der Waals surface area contributed by atoms with Crippen molar-refractivity contribution in [2.45, 2.75) is 57.1 Å². The number of ether oxygens (including phenoxy) is 2. The van der Waals surface area contributed by atoms with Gasteiger partial charge in [0.15, 0.2) is 6.04 Å². The van der Waals surface area contributed by atoms with Gasteiger partial charge >= 0.3 is 0 Å². The average molecular weight is 721 g/mol. The third-order valence-corrected chi connectivity index (χ3v) is 7.95. The predicted molar refractivity (Wildman–Crippen MR) is 180 cm³/mol. The van der Waals surface area contributed by atoms with Crippen molar-refractivity contribution in [2.75, 3.05) is 34.3 Å². The topological polar surface area (TPSA) is 47.6 Å². The fourth-order valence-corrected chi connectivity index (χ4v) is 5.64. The lowest BCUT2D eigenvalue weighted by molar-refractivity contribution is -0.887. The number of amides is 1. The molecule has 0 aliphatic rings. The zero-order valence-electron chi connectivity index (χ0n) is 27.0. The number of likely N-dealkylation sites (N-methyl/N-ethyl adjacent to an activating group) is 1. The van der Waals surface area contributed by atoms with Crippen molar-refractivity contribution in [3.05, 3.63) is 132 Å². The molecule has 6 heteroatoms. The maximum absolute atomic E-state index is 13.7. The van der Waals surface area contributed by atoms with Crippen molar-refractivity contribution in [3.63, 3.8) is 0 Å². The summed E-state index contributed by atoms with van der Waals surface area (Å²) in [5.74, 6) is 1.81. The highest BCUT2D eigenvalue weighted by Gasteiger charge is 2.40. The zero-order chi connectivity index (χ0) is 31.0. The van der Waals surface area contributed by atoms with Gasteiger partial charge in [-0.2, -0.15) is 0 Å². The Morgan fingerprint density at radius 2 is 1.09 bits per heavy atom. The van der Waals surface area contributed by atoms with Gasteiger partial charge < -0.3 is 43.3 Å². The number of quaternary nitrogens is 1. The van der Waals surface area contributed by atoms with Crippen LogP contribution in [0.5, 0.6) is 11.5 Å². The van der Waals surface area contributed by atoms with Gasteiger partial charge in [0, 0.05) is 6.54 Å². The first-order chi connectivity index (χ1) is 21.4. The largest absolute Gasteiger partial charge is 1.00 e. The molecule has 0 heterocycles. The number of benzene rings is 4. The van der Waals surface area contributed by atoms with Gasteiger partial charge in [0.2, 0.25) is 0 Å². The number of hydrogen-bond donors (Lipinski definition) is 1. The molecule has 240 valence electrons. The second kappa shape index (κ2) is 19.2. The number of rotatable bonds is 18. The van der Waals surface area contributed by atoms with Crippen molar-refractivity contribution in [2.24, 2.45) is 0 Å². The molecule has 1 unspecified atom stereocenters. The minimum Gasteiger partial charge on any atom is -1.00 e. The summed E-state index contributed by atoms with van der Waals surface area (Å²) < 4.78 is 12.3. The molecule has 0 saturated carbocycles. The van der Waals surface area contributed by atoms with Crippen LogP contribution in [0.25, 0.3) is 0 Å². The van der Waals surface area contributed by atoms with Gasteiger partial charge in [0.1, 0.15) is 18.1 Å². The number of nitrogens with zero attached hydrogens (tertiary/aromatic N) is 1. The Morgan fingerprint density at radius 3 is 1.62 bits per heavy atom. The Labute approximate surface area is 287 Å². The van der Waals surface area contributed by atoms with Gasteiger partial charge in [-0.3, -0.25) is 4.79 Å². The van der Waals surface area contributed by atoms with Crippen LogP contribution in [0.1, 0.15) is 61.1 Å². The van der Waals surface area contributed by atoms with E-state index in [1.165, 1.54) is 24.0 Å². The number of halogens is 1. The van der Waals surface area contributed by atoms with E-state index in [1.54, 1.807) is 0 Å². The van der Waals surface area contributed by atoms with Gasteiger partial charge in [-0.15, -0.1) is 0 Å². The molecule has 4 rings (SSSR count). The summed E-state index contributed by atoms with van der Waals surface area (Å²) in [5, 5.41) is 3.28. The van der Waals surface area contributed by atoms with Crippen LogP contribution in [0.3, 0.4) is 0 Å². The van der Waals surface area contributed by atoms with E-state index in [4.69, 9.17) is 9.47 Å². The van der Waals surface area contributed by atoms with E-state index >= 15 is 0 Å². The molecule has 0 bridgehead atoms. The third-order valence-electron chi connectivity index (χ3n) is 7.95. The van der Waals surface area contributed by atoms with Crippen LogP contribution in [0.4, 0.5) is 0 Å². The summed E-state index contributed by atoms with van der Waals surface area (Å²) in [4.78, 5) is 13.7. The molecule has 4 aromatic rings. The molecule has 5 nitrogen and oxygen atoms in total. The van der Waals surface area contributed by atoms with Crippen molar-refractivity contribution in [1.82, 2.24) is 5.32 Å². The normalized spacial score (nSPS) is 11.8. The highest BCUT2D eigenvalue weighted by atomic mass is 127. The van der Waals surface area contributed by atoms with Gasteiger partial charge in [-0.05, 0) is 53.8 Å². The number of carbonyl (C=O) groups excluding carboxylic acids is 1. The molecule has 0 aliphatic heterocycles. The Bertz CT molecular complexity index is 1320. The van der Waals surface area contributed by atoms with Crippen molar-refractivity contribution in [1.29, 1.82) is 0 Å². The average Bonchev–Trinajstić information content (AvgIpc) is 3.04. The standard InChI is InChI=1S/C39H48N2O3.HI/c1-41(2,3)38(37(33-21-13-9-14-22-33)34-23-15-10-16-24-34)39(42)40-29-17-6-4-5-7-18-30-43-35-25-27-36(28-26-35)44-31-32-19-11-8-12-20-32;/h8-16,19-28,37-38H,4-7,17-18,29-31H2,1-3H3;1H. The molecule has 1 amide bonds. The monoisotopic (exact) mass is 720 g/mol. The van der Waals surface area contributed by atoms with Crippen molar-refractivity contribution in [3.8, 4) is 11.5 Å². The zero-order valence-corrected chi connectivity index (χ0v) is 29.2. The molecule has 1 N–H and O–H groups in total. The van der Waals surface area contributed by atoms with Crippen LogP contribution >= 0.6 is 0 Å². The van der Waals surface area contributed by atoms with E-state index < -0.39 is 0 Å². The quantitative estimate of drug-likeness (QED) is 0.0894. The van der Waals surface area contributed by atoms with Crippen molar-refractivity contribution >= 4 is 5.91 Å². The van der Waals surface area contributed by atoms with E-state index in [9.17, 15) is 4.79 Å². The highest BCUT2D eigenvalue weighted by molar-refractivity contribution is 5.82. The molecule has 0 spiro atoms. The van der Waals surface area contributed by atoms with E-state index in [0.717, 1.165) is 49.4 Å². The Balaban J connectivity index is 0.00000552. The maximum Gasteiger partial charge on any atom is 0.279 e. The smallest absolute Gasteiger partial charge is 0.279 e. The highest BCUT2D eigenvalue weighted by Crippen LogP contribution is 2.32. The summed E-state index contributed by atoms with van der Waals surface area (Å²) in [6.45, 7) is 1.99. The fraction of sp³-hybridized carbons (Fsp3) is 0.359. The number of carbonyl (C=O) groups is 1. The van der Waals surface area contributed by atoms with E-state index in [2.05, 4.69) is 87.1 Å². The molecule has 0 saturated heterocycles. The molecule has 4 aromatic carbocycles. The minimum atomic E-state index is -0.238. The first kappa shape index (κ1) is 36.1. The first-order valence-electron chi connectivity index (χ1n) is 16.0. The van der Waals surface area contributed by atoms with Crippen molar-refractivity contribution < 1.29 is 42.7 Å². The third kappa shape index (κ3) is 12.2. The lowest BCUT2D eigenvalue weighted by Gasteiger charge is -2.38. The van der Waals surface area contributed by atoms with Gasteiger partial charge in [-0.25, -0.2) is 0 Å². The minimum absolute atomic E-state index is 0. The summed E-state index contributed by atoms with van der Waals surface area (Å²) in [6, 6.07) is 38.6. The van der Waals surface area contributed by atoms with Gasteiger partial charge in [0.05, 0.1) is 33.7 Å². The SMILES string of the molecule is C[N+](C)(C)C(C(=O)NCCCCCCCCOc1ccc(OCc2ccccc2)cc1)C(c1ccccc1)c1ccccc1.[I-]. The summed E-state index contributed by atoms with van der Waals surface area (Å²) in [6.07, 6.45) is 6.63. The molecule has 1 atom stereocenters. The van der Waals surface area contributed by atoms with Gasteiger partial charge in [-0.1, -0.05) is 117 Å². The summed E-state index contributed by atoms with van der Waals surface area (Å²) in [7, 11) is 6.34. The Hall–Kier alpha value is -3.36. The molecular weight excluding hydrogens is 671 g/mol. The lowest BCUT2D eigenvalue weighted by atomic mass is 9.83. The van der Waals surface area contributed by atoms with E-state index in [0.29, 0.717) is 17.6 Å². The Morgan fingerprint density at radius 1 is 0.622 bits per heavy atom. The number of hydrogen-bond acceptors (Lipinski definition) is 3. The number of nitrogens with one attached hydrogen (secondary N) is 1. The fourth-order valence-electron chi connectivity index (χ4n) is 5.64. The van der Waals surface area contributed by atoms with Crippen LogP contribution < -0.4 is 38.8 Å². The summed E-state index contributed by atoms with van der Waals surface area (Å²) >= 11 is 0. The molecule has 0 aromatic heterocycles. The molecular formula is C39H49IN2O3. The van der Waals surface area contributed by atoms with Crippen LogP contribution in [0.2, 0.25) is 0 Å². The molecule has 0 aliphatic carbocycles. The van der Waals surface area contributed by atoms with Crippen LogP contribution in [-0.4, -0.2) is 50.7 Å². The lowest BCUT2D eigenvalue weighted by Crippen LogP contribution is -3.00.